The summed E-state index contributed by atoms with van der Waals surface area (Å²) in [5.41, 5.74) is 2.43. The predicted octanol–water partition coefficient (Wildman–Crippen LogP) is 8.20. The van der Waals surface area contributed by atoms with Gasteiger partial charge in [0.25, 0.3) is 0 Å². The molecule has 0 N–H and O–H groups in total. The van der Waals surface area contributed by atoms with E-state index in [0.717, 1.165) is 37.3 Å². The van der Waals surface area contributed by atoms with E-state index in [1.54, 1.807) is 24.3 Å². The minimum atomic E-state index is -0.911. The summed E-state index contributed by atoms with van der Waals surface area (Å²) >= 11 is 0. The molecule has 0 fully saturated rings. The predicted molar refractivity (Wildman–Crippen MR) is 125 cm³/mol. The van der Waals surface area contributed by atoms with Crippen LogP contribution in [0.25, 0.3) is 21.9 Å². The summed E-state index contributed by atoms with van der Waals surface area (Å²) in [7, 11) is 0. The smallest absolute Gasteiger partial charge is 0.166 e. The van der Waals surface area contributed by atoms with Gasteiger partial charge in [0.05, 0.1) is 5.56 Å². The summed E-state index contributed by atoms with van der Waals surface area (Å²) in [5.74, 6) is 2.87. The molecule has 33 heavy (non-hydrogen) atoms. The van der Waals surface area contributed by atoms with Crippen LogP contribution < -0.4 is 0 Å². The first-order chi connectivity index (χ1) is 16.0. The van der Waals surface area contributed by atoms with Crippen molar-refractivity contribution in [3.05, 3.63) is 107 Å². The van der Waals surface area contributed by atoms with Gasteiger partial charge in [-0.25, -0.2) is 17.6 Å². The molecule has 0 spiro atoms. The van der Waals surface area contributed by atoms with Gasteiger partial charge in [0.15, 0.2) is 11.6 Å². The lowest BCUT2D eigenvalue weighted by atomic mass is 9.99. The van der Waals surface area contributed by atoms with Crippen LogP contribution in [0, 0.1) is 35.1 Å². The van der Waals surface area contributed by atoms with E-state index in [2.05, 4.69) is 18.8 Å². The minimum Gasteiger partial charge on any atom is -0.206 e. The van der Waals surface area contributed by atoms with Crippen LogP contribution in [0.4, 0.5) is 17.6 Å². The third-order valence-electron chi connectivity index (χ3n) is 5.63. The van der Waals surface area contributed by atoms with E-state index in [4.69, 9.17) is 0 Å². The number of hydrogen-bond acceptors (Lipinski definition) is 0. The van der Waals surface area contributed by atoms with Gasteiger partial charge in [0, 0.05) is 16.5 Å². The molecule has 0 aliphatic rings. The zero-order valence-electron chi connectivity index (χ0n) is 18.2. The summed E-state index contributed by atoms with van der Waals surface area (Å²) in [5, 5.41) is 0.666. The van der Waals surface area contributed by atoms with Crippen LogP contribution in [0.2, 0.25) is 0 Å². The van der Waals surface area contributed by atoms with Crippen molar-refractivity contribution in [2.45, 2.75) is 32.6 Å². The van der Waals surface area contributed by atoms with E-state index in [1.807, 2.05) is 6.07 Å². The fourth-order valence-electron chi connectivity index (χ4n) is 3.79. The highest BCUT2D eigenvalue weighted by Crippen LogP contribution is 2.26. The Kier molecular flexibility index (Phi) is 6.79. The van der Waals surface area contributed by atoms with Crippen molar-refractivity contribution in [2.24, 2.45) is 0 Å². The van der Waals surface area contributed by atoms with Crippen LogP contribution in [0.5, 0.6) is 0 Å². The van der Waals surface area contributed by atoms with Gasteiger partial charge in [0.2, 0.25) is 0 Å². The normalized spacial score (nSPS) is 10.8. The van der Waals surface area contributed by atoms with Gasteiger partial charge in [-0.15, -0.1) is 0 Å². The average Bonchev–Trinajstić information content (AvgIpc) is 2.81. The Labute approximate surface area is 190 Å². The molecule has 0 saturated carbocycles. The summed E-state index contributed by atoms with van der Waals surface area (Å²) in [6.07, 6.45) is 4.05. The molecule has 0 aromatic heterocycles. The number of unbranched alkanes of at least 4 members (excludes halogenated alkanes) is 2. The van der Waals surface area contributed by atoms with Crippen molar-refractivity contribution in [3.63, 3.8) is 0 Å². The standard InChI is InChI=1S/C29H22F4/c1-2-3-4-5-19-7-13-24(28(32)17-19)23-11-10-21(27(31)18-23)9-6-20-8-14-25-22(16-20)12-15-26(30)29(25)33/h7-8,10-18H,2-5H2,1H3. The van der Waals surface area contributed by atoms with Crippen molar-refractivity contribution in [1.82, 2.24) is 0 Å². The van der Waals surface area contributed by atoms with E-state index in [9.17, 15) is 17.6 Å². The molecule has 0 saturated heterocycles. The minimum absolute atomic E-state index is 0.162. The van der Waals surface area contributed by atoms with Crippen LogP contribution in [0.1, 0.15) is 42.9 Å². The van der Waals surface area contributed by atoms with Gasteiger partial charge in [-0.1, -0.05) is 61.9 Å². The monoisotopic (exact) mass is 446 g/mol. The molecule has 4 aromatic rings. The molecule has 0 nitrogen and oxygen atoms in total. The Morgan fingerprint density at radius 3 is 2.30 bits per heavy atom. The van der Waals surface area contributed by atoms with E-state index in [1.165, 1.54) is 30.3 Å². The highest BCUT2D eigenvalue weighted by Gasteiger charge is 2.10. The Morgan fingerprint density at radius 2 is 1.55 bits per heavy atom. The highest BCUT2D eigenvalue weighted by molar-refractivity contribution is 5.84. The van der Waals surface area contributed by atoms with Crippen LogP contribution in [0.15, 0.2) is 66.7 Å². The second-order valence-electron chi connectivity index (χ2n) is 8.01. The molecule has 0 unspecified atom stereocenters. The largest absolute Gasteiger partial charge is 0.206 e. The maximum absolute atomic E-state index is 14.7. The second-order valence-corrected chi connectivity index (χ2v) is 8.01. The van der Waals surface area contributed by atoms with Gasteiger partial charge in [-0.3, -0.25) is 0 Å². The summed E-state index contributed by atoms with van der Waals surface area (Å²) < 4.78 is 56.5. The Bertz CT molecular complexity index is 1380. The Hall–Kier alpha value is -3.58. The van der Waals surface area contributed by atoms with E-state index < -0.39 is 17.5 Å². The maximum Gasteiger partial charge on any atom is 0.166 e. The zero-order chi connectivity index (χ0) is 23.4. The third kappa shape index (κ3) is 5.09. The molecule has 166 valence electrons. The topological polar surface area (TPSA) is 0 Å². The molecule has 4 rings (SSSR count). The van der Waals surface area contributed by atoms with Gasteiger partial charge in [-0.05, 0) is 65.8 Å². The first kappa shape index (κ1) is 22.6. The average molecular weight is 446 g/mol. The maximum atomic E-state index is 14.7. The van der Waals surface area contributed by atoms with Crippen LogP contribution >= 0.6 is 0 Å². The van der Waals surface area contributed by atoms with E-state index >= 15 is 0 Å². The number of benzene rings is 4. The number of hydrogen-bond donors (Lipinski definition) is 0. The second kappa shape index (κ2) is 9.92. The zero-order valence-corrected chi connectivity index (χ0v) is 18.2. The third-order valence-corrected chi connectivity index (χ3v) is 5.63. The quantitative estimate of drug-likeness (QED) is 0.165. The summed E-state index contributed by atoms with van der Waals surface area (Å²) in [4.78, 5) is 0. The highest BCUT2D eigenvalue weighted by atomic mass is 19.2. The molecule has 0 bridgehead atoms. The van der Waals surface area contributed by atoms with Gasteiger partial charge in [-0.2, -0.15) is 0 Å². The lowest BCUT2D eigenvalue weighted by molar-refractivity contribution is 0.517. The lowest BCUT2D eigenvalue weighted by Gasteiger charge is -2.07. The lowest BCUT2D eigenvalue weighted by Crippen LogP contribution is -1.92. The molecule has 4 aromatic carbocycles. The van der Waals surface area contributed by atoms with Crippen molar-refractivity contribution >= 4 is 10.8 Å². The van der Waals surface area contributed by atoms with Gasteiger partial charge >= 0.3 is 0 Å². The SMILES string of the molecule is CCCCCc1ccc(-c2ccc(C#Cc3ccc4c(F)c(F)ccc4c3)c(F)c2)c(F)c1. The summed E-state index contributed by atoms with van der Waals surface area (Å²) in [6, 6.07) is 16.7. The molecule has 0 radical (unpaired) electrons. The first-order valence-electron chi connectivity index (χ1n) is 10.9. The molecule has 0 amide bonds. The van der Waals surface area contributed by atoms with Gasteiger partial charge < -0.3 is 0 Å². The molecule has 0 atom stereocenters. The van der Waals surface area contributed by atoms with Crippen LogP contribution in [-0.2, 0) is 6.42 Å². The molecular formula is C29H22F4. The van der Waals surface area contributed by atoms with Crippen molar-refractivity contribution in [2.75, 3.05) is 0 Å². The van der Waals surface area contributed by atoms with E-state index in [0.29, 0.717) is 22.1 Å². The first-order valence-corrected chi connectivity index (χ1v) is 10.9. The van der Waals surface area contributed by atoms with Crippen molar-refractivity contribution in [3.8, 4) is 23.0 Å². The molecular weight excluding hydrogens is 424 g/mol. The molecule has 0 aliphatic heterocycles. The number of rotatable bonds is 5. The van der Waals surface area contributed by atoms with E-state index in [-0.39, 0.29) is 16.8 Å². The number of halogens is 4. The van der Waals surface area contributed by atoms with Crippen molar-refractivity contribution < 1.29 is 17.6 Å². The fourth-order valence-corrected chi connectivity index (χ4v) is 3.79. The van der Waals surface area contributed by atoms with Gasteiger partial charge in [0.1, 0.15) is 11.6 Å². The van der Waals surface area contributed by atoms with Crippen LogP contribution in [0.3, 0.4) is 0 Å². The fraction of sp³-hybridized carbons (Fsp3) is 0.172. The Morgan fingerprint density at radius 1 is 0.697 bits per heavy atom. The molecule has 4 heteroatoms. The Balaban J connectivity index is 1.56. The molecule has 0 aliphatic carbocycles. The number of fused-ring (bicyclic) bond motifs is 1. The van der Waals surface area contributed by atoms with Crippen LogP contribution in [-0.4, -0.2) is 0 Å². The summed E-state index contributed by atoms with van der Waals surface area (Å²) in [6.45, 7) is 2.12. The van der Waals surface area contributed by atoms with Crippen molar-refractivity contribution in [1.29, 1.82) is 0 Å². The molecule has 0 heterocycles. The number of aryl methyl sites for hydroxylation is 1.